The quantitative estimate of drug-likeness (QED) is 0.789. The highest BCUT2D eigenvalue weighted by molar-refractivity contribution is 5.37. The molecule has 0 amide bonds. The third-order valence-electron chi connectivity index (χ3n) is 3.82. The summed E-state index contributed by atoms with van der Waals surface area (Å²) in [5, 5.41) is 3.51. The van der Waals surface area contributed by atoms with Gasteiger partial charge in [0, 0.05) is 5.54 Å². The molecule has 0 aliphatic heterocycles. The van der Waals surface area contributed by atoms with Crippen LogP contribution in [-0.2, 0) is 12.8 Å². The molecule has 1 aliphatic carbocycles. The minimum absolute atomic E-state index is 0.222. The third kappa shape index (κ3) is 5.16. The molecule has 1 aliphatic rings. The number of nitrogens with one attached hydrogen (secondary N) is 1. The number of benzene rings is 1. The lowest BCUT2D eigenvalue weighted by Gasteiger charge is -2.20. The first-order chi connectivity index (χ1) is 9.54. The van der Waals surface area contributed by atoms with Crippen molar-refractivity contribution in [3.8, 4) is 5.75 Å². The molecule has 0 fully saturated rings. The fraction of sp³-hybridized carbons (Fsp3) is 0.667. The molecular formula is C18H29NO. The SMILES string of the molecule is CC(C)(C)NCCCCOc1ccc2c(c1)CCCC2. The Balaban J connectivity index is 1.67. The van der Waals surface area contributed by atoms with Crippen molar-refractivity contribution in [2.75, 3.05) is 13.2 Å². The van der Waals surface area contributed by atoms with Gasteiger partial charge in [-0.15, -0.1) is 0 Å². The molecule has 0 atom stereocenters. The molecule has 0 aromatic heterocycles. The molecular weight excluding hydrogens is 246 g/mol. The molecule has 1 aromatic carbocycles. The van der Waals surface area contributed by atoms with Gasteiger partial charge in [0.15, 0.2) is 0 Å². The molecule has 20 heavy (non-hydrogen) atoms. The summed E-state index contributed by atoms with van der Waals surface area (Å²) in [5.41, 5.74) is 3.25. The highest BCUT2D eigenvalue weighted by Gasteiger charge is 2.10. The van der Waals surface area contributed by atoms with Crippen molar-refractivity contribution < 1.29 is 4.74 Å². The van der Waals surface area contributed by atoms with Crippen molar-refractivity contribution >= 4 is 0 Å². The number of hydrogen-bond acceptors (Lipinski definition) is 2. The summed E-state index contributed by atoms with van der Waals surface area (Å²) in [6.45, 7) is 8.51. The maximum absolute atomic E-state index is 5.88. The second-order valence-electron chi connectivity index (χ2n) is 6.87. The van der Waals surface area contributed by atoms with Crippen molar-refractivity contribution in [2.45, 2.75) is 64.8 Å². The minimum atomic E-state index is 0.222. The lowest BCUT2D eigenvalue weighted by atomic mass is 9.92. The van der Waals surface area contributed by atoms with Crippen LogP contribution in [0.15, 0.2) is 18.2 Å². The lowest BCUT2D eigenvalue weighted by molar-refractivity contribution is 0.301. The van der Waals surface area contributed by atoms with E-state index in [1.807, 2.05) is 0 Å². The molecule has 2 heteroatoms. The van der Waals surface area contributed by atoms with Crippen molar-refractivity contribution in [2.24, 2.45) is 0 Å². The van der Waals surface area contributed by atoms with Crippen LogP contribution in [0.4, 0.5) is 0 Å². The zero-order valence-electron chi connectivity index (χ0n) is 13.3. The van der Waals surface area contributed by atoms with Crippen LogP contribution in [0.3, 0.4) is 0 Å². The molecule has 0 radical (unpaired) electrons. The van der Waals surface area contributed by atoms with Gasteiger partial charge in [-0.1, -0.05) is 6.07 Å². The van der Waals surface area contributed by atoms with E-state index in [0.29, 0.717) is 0 Å². The average molecular weight is 275 g/mol. The Morgan fingerprint density at radius 2 is 1.80 bits per heavy atom. The van der Waals surface area contributed by atoms with Crippen LogP contribution in [0, 0.1) is 0 Å². The smallest absolute Gasteiger partial charge is 0.119 e. The number of fused-ring (bicyclic) bond motifs is 1. The van der Waals surface area contributed by atoms with Crippen LogP contribution in [0.1, 0.15) is 57.6 Å². The van der Waals surface area contributed by atoms with Gasteiger partial charge >= 0.3 is 0 Å². The van der Waals surface area contributed by atoms with E-state index < -0.39 is 0 Å². The summed E-state index contributed by atoms with van der Waals surface area (Å²) >= 11 is 0. The van der Waals surface area contributed by atoms with E-state index in [4.69, 9.17) is 4.74 Å². The largest absolute Gasteiger partial charge is 0.494 e. The van der Waals surface area contributed by atoms with Gasteiger partial charge in [-0.3, -0.25) is 0 Å². The maximum atomic E-state index is 5.88. The second kappa shape index (κ2) is 7.12. The Labute approximate surface area is 123 Å². The molecule has 1 N–H and O–H groups in total. The number of unbranched alkanes of at least 4 members (excludes halogenated alkanes) is 1. The third-order valence-corrected chi connectivity index (χ3v) is 3.82. The number of hydrogen-bond donors (Lipinski definition) is 1. The van der Waals surface area contributed by atoms with E-state index in [1.165, 1.54) is 43.2 Å². The van der Waals surface area contributed by atoms with Gasteiger partial charge < -0.3 is 10.1 Å². The van der Waals surface area contributed by atoms with Crippen LogP contribution in [0.5, 0.6) is 5.75 Å². The fourth-order valence-electron chi connectivity index (χ4n) is 2.68. The van der Waals surface area contributed by atoms with Crippen LogP contribution >= 0.6 is 0 Å². The molecule has 0 unspecified atom stereocenters. The van der Waals surface area contributed by atoms with Gasteiger partial charge in [0.05, 0.1) is 6.61 Å². The summed E-state index contributed by atoms with van der Waals surface area (Å²) in [5.74, 6) is 1.05. The minimum Gasteiger partial charge on any atom is -0.494 e. The van der Waals surface area contributed by atoms with E-state index in [9.17, 15) is 0 Å². The Hall–Kier alpha value is -1.02. The molecule has 0 saturated carbocycles. The molecule has 0 bridgehead atoms. The Morgan fingerprint density at radius 3 is 2.55 bits per heavy atom. The summed E-state index contributed by atoms with van der Waals surface area (Å²) in [4.78, 5) is 0. The van der Waals surface area contributed by atoms with E-state index in [-0.39, 0.29) is 5.54 Å². The van der Waals surface area contributed by atoms with Crippen LogP contribution in [0.2, 0.25) is 0 Å². The predicted octanol–water partition coefficient (Wildman–Crippen LogP) is 4.11. The van der Waals surface area contributed by atoms with Crippen molar-refractivity contribution in [1.82, 2.24) is 5.32 Å². The summed E-state index contributed by atoms with van der Waals surface area (Å²) in [7, 11) is 0. The van der Waals surface area contributed by atoms with Gasteiger partial charge in [0.2, 0.25) is 0 Å². The van der Waals surface area contributed by atoms with E-state index >= 15 is 0 Å². The van der Waals surface area contributed by atoms with Crippen molar-refractivity contribution in [3.63, 3.8) is 0 Å². The van der Waals surface area contributed by atoms with Crippen LogP contribution in [0.25, 0.3) is 0 Å². The number of rotatable bonds is 6. The molecule has 2 nitrogen and oxygen atoms in total. The van der Waals surface area contributed by atoms with E-state index in [2.05, 4.69) is 44.3 Å². The molecule has 2 rings (SSSR count). The lowest BCUT2D eigenvalue weighted by Crippen LogP contribution is -2.36. The summed E-state index contributed by atoms with van der Waals surface area (Å²) in [6, 6.07) is 6.64. The van der Waals surface area contributed by atoms with Gasteiger partial charge in [0.1, 0.15) is 5.75 Å². The van der Waals surface area contributed by atoms with Gasteiger partial charge in [-0.05, 0) is 89.1 Å². The standard InChI is InChI=1S/C18H29NO/c1-18(2,3)19-12-6-7-13-20-17-11-10-15-8-4-5-9-16(15)14-17/h10-11,14,19H,4-9,12-13H2,1-3H3. The zero-order valence-corrected chi connectivity index (χ0v) is 13.3. The molecule has 0 spiro atoms. The van der Waals surface area contributed by atoms with Gasteiger partial charge in [0.25, 0.3) is 0 Å². The normalized spacial score (nSPS) is 14.9. The topological polar surface area (TPSA) is 21.3 Å². The monoisotopic (exact) mass is 275 g/mol. The summed E-state index contributed by atoms with van der Waals surface area (Å²) < 4.78 is 5.88. The second-order valence-corrected chi connectivity index (χ2v) is 6.87. The predicted molar refractivity (Wildman–Crippen MR) is 85.6 cm³/mol. The van der Waals surface area contributed by atoms with Crippen LogP contribution < -0.4 is 10.1 Å². The average Bonchev–Trinajstić information content (AvgIpc) is 2.41. The van der Waals surface area contributed by atoms with Crippen molar-refractivity contribution in [3.05, 3.63) is 29.3 Å². The molecule has 1 aromatic rings. The molecule has 0 saturated heterocycles. The van der Waals surface area contributed by atoms with Gasteiger partial charge in [-0.2, -0.15) is 0 Å². The van der Waals surface area contributed by atoms with Gasteiger partial charge in [-0.25, -0.2) is 0 Å². The first kappa shape index (κ1) is 15.4. The zero-order chi connectivity index (χ0) is 14.4. The Kier molecular flexibility index (Phi) is 5.47. The van der Waals surface area contributed by atoms with Crippen molar-refractivity contribution in [1.29, 1.82) is 0 Å². The number of ether oxygens (including phenoxy) is 1. The number of aryl methyl sites for hydroxylation is 2. The first-order valence-electron chi connectivity index (χ1n) is 8.04. The highest BCUT2D eigenvalue weighted by atomic mass is 16.5. The Morgan fingerprint density at radius 1 is 1.05 bits per heavy atom. The van der Waals surface area contributed by atoms with E-state index in [0.717, 1.165) is 25.3 Å². The van der Waals surface area contributed by atoms with Crippen LogP contribution in [-0.4, -0.2) is 18.7 Å². The maximum Gasteiger partial charge on any atom is 0.119 e. The molecule has 112 valence electrons. The first-order valence-corrected chi connectivity index (χ1v) is 8.04. The molecule has 0 heterocycles. The fourth-order valence-corrected chi connectivity index (χ4v) is 2.68. The Bertz CT molecular complexity index is 420. The van der Waals surface area contributed by atoms with E-state index in [1.54, 1.807) is 0 Å². The summed E-state index contributed by atoms with van der Waals surface area (Å²) in [6.07, 6.45) is 7.42. The highest BCUT2D eigenvalue weighted by Crippen LogP contribution is 2.25.